The summed E-state index contributed by atoms with van der Waals surface area (Å²) >= 11 is 0. The number of carbonyl (C=O) groups is 1. The summed E-state index contributed by atoms with van der Waals surface area (Å²) < 4.78 is 13.3. The first-order valence-electron chi connectivity index (χ1n) is 5.37. The lowest BCUT2D eigenvalue weighted by Gasteiger charge is -2.18. The number of hydrogen-bond acceptors (Lipinski definition) is 2. The summed E-state index contributed by atoms with van der Waals surface area (Å²) in [6, 6.07) is 1.41. The number of aromatic nitrogens is 1. The van der Waals surface area contributed by atoms with Crippen molar-refractivity contribution in [3.8, 4) is 0 Å². The van der Waals surface area contributed by atoms with Crippen LogP contribution in [0.1, 0.15) is 30.6 Å². The van der Waals surface area contributed by atoms with Crippen LogP contribution in [0.2, 0.25) is 0 Å². The van der Waals surface area contributed by atoms with Gasteiger partial charge in [0, 0.05) is 19.8 Å². The van der Waals surface area contributed by atoms with E-state index in [2.05, 4.69) is 18.8 Å². The third-order valence-corrected chi connectivity index (χ3v) is 2.39. The maximum atomic E-state index is 13.3. The third-order valence-electron chi connectivity index (χ3n) is 2.39. The van der Waals surface area contributed by atoms with Crippen molar-refractivity contribution in [3.63, 3.8) is 0 Å². The molecule has 0 fully saturated rings. The van der Waals surface area contributed by atoms with Gasteiger partial charge in [-0.1, -0.05) is 13.8 Å². The zero-order chi connectivity index (χ0) is 12.1. The molecule has 0 aliphatic rings. The molecule has 1 aromatic heterocycles. The van der Waals surface area contributed by atoms with Crippen LogP contribution in [0, 0.1) is 11.7 Å². The minimum atomic E-state index is -0.566. The monoisotopic (exact) mass is 224 g/mol. The van der Waals surface area contributed by atoms with Gasteiger partial charge in [-0.3, -0.25) is 9.78 Å². The number of hydrogen-bond donors (Lipinski definition) is 0. The van der Waals surface area contributed by atoms with Crippen molar-refractivity contribution < 1.29 is 9.18 Å². The fourth-order valence-electron chi connectivity index (χ4n) is 1.31. The predicted octanol–water partition coefficient (Wildman–Crippen LogP) is 2.34. The third kappa shape index (κ3) is 3.29. The minimum absolute atomic E-state index is 0.0845. The van der Waals surface area contributed by atoms with Crippen LogP contribution >= 0.6 is 0 Å². The Morgan fingerprint density at radius 2 is 2.25 bits per heavy atom. The molecule has 0 aromatic carbocycles. The van der Waals surface area contributed by atoms with E-state index in [0.717, 1.165) is 12.6 Å². The van der Waals surface area contributed by atoms with Gasteiger partial charge in [-0.05, 0) is 18.4 Å². The Hall–Kier alpha value is -1.45. The lowest BCUT2D eigenvalue weighted by molar-refractivity contribution is 0.0784. The molecule has 0 unspecified atom stereocenters. The normalized spacial score (nSPS) is 10.6. The van der Waals surface area contributed by atoms with Gasteiger partial charge in [0.1, 0.15) is 0 Å². The summed E-state index contributed by atoms with van der Waals surface area (Å²) in [5.41, 5.74) is 0.0845. The van der Waals surface area contributed by atoms with Crippen molar-refractivity contribution in [3.05, 3.63) is 29.8 Å². The Balaban J connectivity index is 2.67. The van der Waals surface area contributed by atoms with E-state index in [1.165, 1.54) is 12.3 Å². The molecule has 3 nitrogen and oxygen atoms in total. The van der Waals surface area contributed by atoms with Crippen molar-refractivity contribution in [2.75, 3.05) is 13.6 Å². The van der Waals surface area contributed by atoms with Gasteiger partial charge in [-0.25, -0.2) is 4.39 Å². The first-order chi connectivity index (χ1) is 7.52. The summed E-state index contributed by atoms with van der Waals surface area (Å²) in [4.78, 5) is 17.0. The molecule has 0 atom stereocenters. The number of carbonyl (C=O) groups excluding carboxylic acids is 1. The molecule has 16 heavy (non-hydrogen) atoms. The van der Waals surface area contributed by atoms with Crippen LogP contribution in [0.4, 0.5) is 4.39 Å². The Morgan fingerprint density at radius 1 is 1.56 bits per heavy atom. The van der Waals surface area contributed by atoms with Crippen LogP contribution in [0.25, 0.3) is 0 Å². The van der Waals surface area contributed by atoms with Gasteiger partial charge in [0.25, 0.3) is 5.91 Å². The van der Waals surface area contributed by atoms with Crippen LogP contribution in [0.15, 0.2) is 18.5 Å². The van der Waals surface area contributed by atoms with E-state index < -0.39 is 5.82 Å². The summed E-state index contributed by atoms with van der Waals surface area (Å²) in [6.07, 6.45) is 3.39. The number of nitrogens with zero attached hydrogens (tertiary/aromatic N) is 2. The first-order valence-corrected chi connectivity index (χ1v) is 5.37. The quantitative estimate of drug-likeness (QED) is 0.786. The van der Waals surface area contributed by atoms with Crippen LogP contribution in [-0.4, -0.2) is 29.4 Å². The van der Waals surface area contributed by atoms with E-state index in [1.807, 2.05) is 0 Å². The molecule has 1 amide bonds. The summed E-state index contributed by atoms with van der Waals surface area (Å²) in [5, 5.41) is 0. The zero-order valence-corrected chi connectivity index (χ0v) is 9.90. The number of pyridine rings is 1. The van der Waals surface area contributed by atoms with Gasteiger partial charge in [0.15, 0.2) is 5.82 Å². The first kappa shape index (κ1) is 12.6. The molecule has 1 aromatic rings. The fourth-order valence-corrected chi connectivity index (χ4v) is 1.31. The molecule has 0 saturated carbocycles. The van der Waals surface area contributed by atoms with E-state index >= 15 is 0 Å². The van der Waals surface area contributed by atoms with Crippen molar-refractivity contribution in [2.45, 2.75) is 20.3 Å². The molecule has 0 N–H and O–H groups in total. The highest BCUT2D eigenvalue weighted by molar-refractivity contribution is 5.94. The molecular weight excluding hydrogens is 207 g/mol. The van der Waals surface area contributed by atoms with Crippen molar-refractivity contribution in [1.29, 1.82) is 0 Å². The summed E-state index contributed by atoms with van der Waals surface area (Å²) in [6.45, 7) is 4.81. The zero-order valence-electron chi connectivity index (χ0n) is 9.90. The number of halogens is 1. The van der Waals surface area contributed by atoms with Crippen LogP contribution in [0.5, 0.6) is 0 Å². The maximum absolute atomic E-state index is 13.3. The number of rotatable bonds is 4. The van der Waals surface area contributed by atoms with Gasteiger partial charge < -0.3 is 4.90 Å². The molecule has 0 saturated heterocycles. The second kappa shape index (κ2) is 5.58. The fraction of sp³-hybridized carbons (Fsp3) is 0.500. The predicted molar refractivity (Wildman–Crippen MR) is 60.6 cm³/mol. The molecule has 1 heterocycles. The molecule has 4 heteroatoms. The standard InChI is InChI=1S/C12H17FN2O/c1-9(2)5-7-15(3)12(16)10-4-6-14-8-11(10)13/h4,6,8-9H,5,7H2,1-3H3. The Kier molecular flexibility index (Phi) is 4.40. The lowest BCUT2D eigenvalue weighted by atomic mass is 10.1. The van der Waals surface area contributed by atoms with E-state index in [1.54, 1.807) is 11.9 Å². The molecule has 88 valence electrons. The molecule has 0 aliphatic heterocycles. The molecule has 1 rings (SSSR count). The van der Waals surface area contributed by atoms with Crippen LogP contribution in [0.3, 0.4) is 0 Å². The second-order valence-corrected chi connectivity index (χ2v) is 4.26. The van der Waals surface area contributed by atoms with Gasteiger partial charge in [0.2, 0.25) is 0 Å². The van der Waals surface area contributed by atoms with E-state index in [9.17, 15) is 9.18 Å². The van der Waals surface area contributed by atoms with Gasteiger partial charge in [-0.2, -0.15) is 0 Å². The highest BCUT2D eigenvalue weighted by Crippen LogP contribution is 2.09. The highest BCUT2D eigenvalue weighted by atomic mass is 19.1. The Morgan fingerprint density at radius 3 is 2.81 bits per heavy atom. The van der Waals surface area contributed by atoms with E-state index in [0.29, 0.717) is 12.5 Å². The van der Waals surface area contributed by atoms with Crippen molar-refractivity contribution >= 4 is 5.91 Å². The Labute approximate surface area is 95.3 Å². The molecule has 0 radical (unpaired) electrons. The molecule has 0 spiro atoms. The van der Waals surface area contributed by atoms with Crippen LogP contribution < -0.4 is 0 Å². The largest absolute Gasteiger partial charge is 0.342 e. The smallest absolute Gasteiger partial charge is 0.256 e. The van der Waals surface area contributed by atoms with E-state index in [-0.39, 0.29) is 11.5 Å². The van der Waals surface area contributed by atoms with Gasteiger partial charge >= 0.3 is 0 Å². The molecule has 0 bridgehead atoms. The maximum Gasteiger partial charge on any atom is 0.256 e. The highest BCUT2D eigenvalue weighted by Gasteiger charge is 2.15. The minimum Gasteiger partial charge on any atom is -0.342 e. The summed E-state index contributed by atoms with van der Waals surface area (Å²) in [5.74, 6) is -0.331. The average Bonchev–Trinajstić information content (AvgIpc) is 2.25. The van der Waals surface area contributed by atoms with Gasteiger partial charge in [-0.15, -0.1) is 0 Å². The number of amides is 1. The second-order valence-electron chi connectivity index (χ2n) is 4.26. The van der Waals surface area contributed by atoms with Gasteiger partial charge in [0.05, 0.1) is 11.8 Å². The average molecular weight is 224 g/mol. The topological polar surface area (TPSA) is 33.2 Å². The molecular formula is C12H17FN2O. The van der Waals surface area contributed by atoms with E-state index in [4.69, 9.17) is 0 Å². The lowest BCUT2D eigenvalue weighted by Crippen LogP contribution is -2.29. The SMILES string of the molecule is CC(C)CCN(C)C(=O)c1ccncc1F. The van der Waals surface area contributed by atoms with Crippen LogP contribution in [-0.2, 0) is 0 Å². The van der Waals surface area contributed by atoms with Crippen molar-refractivity contribution in [1.82, 2.24) is 9.88 Å². The van der Waals surface area contributed by atoms with Crippen molar-refractivity contribution in [2.24, 2.45) is 5.92 Å². The summed E-state index contributed by atoms with van der Waals surface area (Å²) in [7, 11) is 1.69. The molecule has 0 aliphatic carbocycles. The Bertz CT molecular complexity index is 366.